The summed E-state index contributed by atoms with van der Waals surface area (Å²) in [5.74, 6) is -0.214. The van der Waals surface area contributed by atoms with E-state index in [9.17, 15) is 13.2 Å². The van der Waals surface area contributed by atoms with Crippen LogP contribution in [0.1, 0.15) is 28.1 Å². The van der Waals surface area contributed by atoms with Crippen LogP contribution in [0.15, 0.2) is 46.7 Å². The highest BCUT2D eigenvalue weighted by Gasteiger charge is 2.37. The average Bonchev–Trinajstić information content (AvgIpc) is 3.18. The first-order chi connectivity index (χ1) is 12.3. The first-order valence-corrected chi connectivity index (χ1v) is 10.6. The second-order valence-electron chi connectivity index (χ2n) is 6.44. The fraction of sp³-hybridized carbons (Fsp3) is 0.389. The van der Waals surface area contributed by atoms with Gasteiger partial charge in [-0.15, -0.1) is 11.3 Å². The van der Waals surface area contributed by atoms with E-state index in [1.54, 1.807) is 23.5 Å². The predicted octanol–water partition coefficient (Wildman–Crippen LogP) is 2.43. The Morgan fingerprint density at radius 2 is 1.81 bits per heavy atom. The summed E-state index contributed by atoms with van der Waals surface area (Å²) >= 11 is 1.62. The van der Waals surface area contributed by atoms with E-state index in [4.69, 9.17) is 4.74 Å². The Morgan fingerprint density at radius 3 is 2.35 bits per heavy atom. The molecule has 0 radical (unpaired) electrons. The molecule has 0 unspecified atom stereocenters. The van der Waals surface area contributed by atoms with Gasteiger partial charge in [0.15, 0.2) is 0 Å². The fourth-order valence-electron chi connectivity index (χ4n) is 2.98. The Hall–Kier alpha value is -1.74. The van der Waals surface area contributed by atoms with Gasteiger partial charge in [-0.25, -0.2) is 12.7 Å². The highest BCUT2D eigenvalue weighted by Crippen LogP contribution is 2.35. The summed E-state index contributed by atoms with van der Waals surface area (Å²) in [7, 11) is -0.551. The molecular formula is C18H22N2O4S2. The van der Waals surface area contributed by atoms with Crippen molar-refractivity contribution in [3.05, 3.63) is 52.2 Å². The van der Waals surface area contributed by atoms with E-state index in [0.717, 1.165) is 9.18 Å². The normalized spacial score (nSPS) is 17.2. The van der Waals surface area contributed by atoms with Gasteiger partial charge >= 0.3 is 0 Å². The van der Waals surface area contributed by atoms with Crippen molar-refractivity contribution in [2.75, 3.05) is 27.3 Å². The van der Waals surface area contributed by atoms with E-state index in [1.165, 1.54) is 26.2 Å². The summed E-state index contributed by atoms with van der Waals surface area (Å²) < 4.78 is 30.9. The van der Waals surface area contributed by atoms with Crippen molar-refractivity contribution in [2.45, 2.75) is 23.3 Å². The van der Waals surface area contributed by atoms with Crippen molar-refractivity contribution in [3.8, 4) is 0 Å². The molecule has 1 fully saturated rings. The Bertz CT molecular complexity index is 853. The summed E-state index contributed by atoms with van der Waals surface area (Å²) in [5, 5.41) is 5.16. The number of nitrogens with zero attached hydrogens (tertiary/aromatic N) is 1. The summed E-state index contributed by atoms with van der Waals surface area (Å²) in [4.78, 5) is 14.1. The lowest BCUT2D eigenvalue weighted by atomic mass is 9.88. The van der Waals surface area contributed by atoms with Crippen LogP contribution < -0.4 is 5.32 Å². The number of ether oxygens (including phenoxy) is 1. The third-order valence-electron chi connectivity index (χ3n) is 4.59. The molecule has 1 N–H and O–H groups in total. The first kappa shape index (κ1) is 19.0. The molecule has 8 heteroatoms. The Labute approximate surface area is 157 Å². The van der Waals surface area contributed by atoms with Crippen molar-refractivity contribution in [1.82, 2.24) is 9.62 Å². The number of carbonyl (C=O) groups is 1. The number of hydrogen-bond acceptors (Lipinski definition) is 5. The first-order valence-electron chi connectivity index (χ1n) is 8.32. The monoisotopic (exact) mass is 394 g/mol. The van der Waals surface area contributed by atoms with E-state index in [0.29, 0.717) is 31.6 Å². The molecule has 0 bridgehead atoms. The van der Waals surface area contributed by atoms with Crippen LogP contribution in [0.2, 0.25) is 0 Å². The molecule has 1 saturated heterocycles. The van der Waals surface area contributed by atoms with Crippen LogP contribution in [0.3, 0.4) is 0 Å². The van der Waals surface area contributed by atoms with Gasteiger partial charge in [0, 0.05) is 37.7 Å². The molecule has 26 heavy (non-hydrogen) atoms. The van der Waals surface area contributed by atoms with E-state index in [1.807, 2.05) is 17.5 Å². The lowest BCUT2D eigenvalue weighted by molar-refractivity contribution is 0.0358. The number of rotatable bonds is 5. The second kappa shape index (κ2) is 7.48. The van der Waals surface area contributed by atoms with Crippen molar-refractivity contribution in [1.29, 1.82) is 0 Å². The van der Waals surface area contributed by atoms with Gasteiger partial charge in [0.25, 0.3) is 5.91 Å². The molecule has 2 heterocycles. The van der Waals surface area contributed by atoms with Crippen LogP contribution >= 0.6 is 11.3 Å². The molecule has 0 spiro atoms. The highest BCUT2D eigenvalue weighted by molar-refractivity contribution is 7.89. The van der Waals surface area contributed by atoms with Crippen LogP contribution in [0, 0.1) is 0 Å². The third kappa shape index (κ3) is 3.68. The zero-order valence-electron chi connectivity index (χ0n) is 14.8. The van der Waals surface area contributed by atoms with Gasteiger partial charge in [-0.2, -0.15) is 0 Å². The number of carbonyl (C=O) groups excluding carboxylic acids is 1. The molecule has 2 aromatic rings. The number of benzene rings is 1. The van der Waals surface area contributed by atoms with Crippen LogP contribution in [0.4, 0.5) is 0 Å². The molecule has 1 amide bonds. The minimum atomic E-state index is -3.51. The van der Waals surface area contributed by atoms with Crippen LogP contribution in [0.25, 0.3) is 0 Å². The van der Waals surface area contributed by atoms with Crippen molar-refractivity contribution in [3.63, 3.8) is 0 Å². The number of nitrogens with one attached hydrogen (secondary N) is 1. The van der Waals surface area contributed by atoms with E-state index in [2.05, 4.69) is 5.32 Å². The molecule has 0 atom stereocenters. The summed E-state index contributed by atoms with van der Waals surface area (Å²) in [6.07, 6.45) is 1.43. The van der Waals surface area contributed by atoms with E-state index < -0.39 is 15.6 Å². The predicted molar refractivity (Wildman–Crippen MR) is 101 cm³/mol. The van der Waals surface area contributed by atoms with Crippen LogP contribution in [0.5, 0.6) is 0 Å². The third-order valence-corrected chi connectivity index (χ3v) is 7.49. The SMILES string of the molecule is CN(C)S(=O)(=O)c1ccc(C(=O)NC2(c3cccs3)CCOCC2)cc1. The zero-order chi connectivity index (χ0) is 18.8. The van der Waals surface area contributed by atoms with Gasteiger partial charge in [0.2, 0.25) is 10.0 Å². The molecule has 140 valence electrons. The molecule has 1 aromatic heterocycles. The fourth-order valence-corrected chi connectivity index (χ4v) is 4.83. The quantitative estimate of drug-likeness (QED) is 0.845. The number of sulfonamides is 1. The number of hydrogen-bond donors (Lipinski definition) is 1. The Balaban J connectivity index is 1.83. The summed E-state index contributed by atoms with van der Waals surface area (Å²) in [6, 6.07) is 10.0. The Morgan fingerprint density at radius 1 is 1.15 bits per heavy atom. The van der Waals surface area contributed by atoms with E-state index in [-0.39, 0.29) is 10.8 Å². The van der Waals surface area contributed by atoms with Crippen molar-refractivity contribution >= 4 is 27.3 Å². The molecule has 6 nitrogen and oxygen atoms in total. The number of amides is 1. The molecule has 1 aromatic carbocycles. The molecule has 0 aliphatic carbocycles. The lowest BCUT2D eigenvalue weighted by Gasteiger charge is -2.37. The van der Waals surface area contributed by atoms with Gasteiger partial charge in [-0.3, -0.25) is 4.79 Å². The Kier molecular flexibility index (Phi) is 5.47. The van der Waals surface area contributed by atoms with Crippen LogP contribution in [-0.4, -0.2) is 45.9 Å². The standard InChI is InChI=1S/C18H22N2O4S2/c1-20(2)26(22,23)15-7-5-14(6-8-15)17(21)19-18(9-11-24-12-10-18)16-4-3-13-25-16/h3-8,13H,9-12H2,1-2H3,(H,19,21). The maximum atomic E-state index is 12.8. The smallest absolute Gasteiger partial charge is 0.252 e. The molecule has 0 saturated carbocycles. The minimum absolute atomic E-state index is 0.165. The van der Waals surface area contributed by atoms with Gasteiger partial charge in [-0.1, -0.05) is 6.07 Å². The lowest BCUT2D eigenvalue weighted by Crippen LogP contribution is -2.49. The number of thiophene rings is 1. The topological polar surface area (TPSA) is 75.7 Å². The van der Waals surface area contributed by atoms with Crippen LogP contribution in [-0.2, 0) is 20.3 Å². The zero-order valence-corrected chi connectivity index (χ0v) is 16.4. The highest BCUT2D eigenvalue weighted by atomic mass is 32.2. The van der Waals surface area contributed by atoms with Gasteiger partial charge < -0.3 is 10.1 Å². The summed E-state index contributed by atoms with van der Waals surface area (Å²) in [6.45, 7) is 1.19. The molecular weight excluding hydrogens is 372 g/mol. The largest absolute Gasteiger partial charge is 0.381 e. The molecule has 1 aliphatic rings. The molecule has 3 rings (SSSR count). The van der Waals surface area contributed by atoms with Crippen molar-refractivity contribution in [2.24, 2.45) is 0 Å². The second-order valence-corrected chi connectivity index (χ2v) is 9.54. The maximum Gasteiger partial charge on any atom is 0.252 e. The minimum Gasteiger partial charge on any atom is -0.381 e. The summed E-state index contributed by atoms with van der Waals surface area (Å²) in [5.41, 5.74) is 0.00265. The van der Waals surface area contributed by atoms with E-state index >= 15 is 0 Å². The van der Waals surface area contributed by atoms with Gasteiger partial charge in [0.1, 0.15) is 0 Å². The maximum absolute atomic E-state index is 12.8. The average molecular weight is 395 g/mol. The van der Waals surface area contributed by atoms with Crippen molar-refractivity contribution < 1.29 is 17.9 Å². The van der Waals surface area contributed by atoms with Gasteiger partial charge in [-0.05, 0) is 48.6 Å². The molecule has 1 aliphatic heterocycles. The van der Waals surface area contributed by atoms with Gasteiger partial charge in [0.05, 0.1) is 10.4 Å².